The third-order valence-electron chi connectivity index (χ3n) is 5.55. The maximum Gasteiger partial charge on any atom is 0.263 e. The molecule has 3 aromatic rings. The molecule has 0 spiro atoms. The Morgan fingerprint density at radius 3 is 2.28 bits per heavy atom. The molecule has 2 amide bonds. The van der Waals surface area contributed by atoms with Crippen LogP contribution in [-0.2, 0) is 9.53 Å². The van der Waals surface area contributed by atoms with Gasteiger partial charge >= 0.3 is 0 Å². The molecule has 5 rings (SSSR count). The number of hydrogen-bond acceptors (Lipinski definition) is 7. The van der Waals surface area contributed by atoms with Crippen LogP contribution in [-0.4, -0.2) is 57.0 Å². The molecule has 0 unspecified atom stereocenters. The summed E-state index contributed by atoms with van der Waals surface area (Å²) in [4.78, 5) is 29.5. The number of aliphatic imine (C=N–C) groups is 1. The first-order valence-electron chi connectivity index (χ1n) is 11.6. The van der Waals surface area contributed by atoms with Crippen LogP contribution in [0.15, 0.2) is 83.9 Å². The van der Waals surface area contributed by atoms with E-state index in [-0.39, 0.29) is 13.2 Å². The van der Waals surface area contributed by atoms with Gasteiger partial charge in [0.25, 0.3) is 11.8 Å². The van der Waals surface area contributed by atoms with E-state index in [1.54, 1.807) is 6.07 Å². The lowest BCUT2D eigenvalue weighted by atomic mass is 10.0. The monoisotopic (exact) mass is 490 g/mol. The molecular weight excluding hydrogens is 456 g/mol. The number of hydrogen-bond donors (Lipinski definition) is 4. The Bertz CT molecular complexity index is 1200. The Morgan fingerprint density at radius 2 is 1.58 bits per heavy atom. The summed E-state index contributed by atoms with van der Waals surface area (Å²) in [6.45, 7) is 3.02. The minimum Gasteiger partial charge on any atom is -0.378 e. The molecule has 2 aliphatic rings. The zero-order valence-corrected chi connectivity index (χ0v) is 20.3. The second-order valence-electron chi connectivity index (χ2n) is 7.80. The molecule has 2 aliphatic heterocycles. The molecule has 7 N–H and O–H groups in total. The molecule has 36 heavy (non-hydrogen) atoms. The summed E-state index contributed by atoms with van der Waals surface area (Å²) in [5, 5.41) is 2.79. The Hall–Kier alpha value is -4.05. The molecule has 0 aromatic heterocycles. The van der Waals surface area contributed by atoms with Gasteiger partial charge in [-0.1, -0.05) is 60.7 Å². The quantitative estimate of drug-likeness (QED) is 0.442. The van der Waals surface area contributed by atoms with Crippen molar-refractivity contribution < 1.29 is 15.8 Å². The van der Waals surface area contributed by atoms with Gasteiger partial charge in [-0.05, 0) is 25.2 Å². The van der Waals surface area contributed by atoms with E-state index >= 15 is 0 Å². The van der Waals surface area contributed by atoms with Crippen molar-refractivity contribution in [3.63, 3.8) is 0 Å². The van der Waals surface area contributed by atoms with E-state index in [0.717, 1.165) is 41.3 Å². The van der Waals surface area contributed by atoms with Gasteiger partial charge in [-0.3, -0.25) is 14.6 Å². The molecule has 0 saturated carbocycles. The van der Waals surface area contributed by atoms with E-state index in [9.17, 15) is 9.59 Å². The summed E-state index contributed by atoms with van der Waals surface area (Å²) in [7, 11) is 1.50. The second kappa shape index (κ2) is 13.1. The number of anilines is 2. The third kappa shape index (κ3) is 6.54. The number of primary amides is 1. The number of carbonyl (C=O) groups is 2. The number of nitrogens with two attached hydrogens (primary N) is 3. The van der Waals surface area contributed by atoms with Gasteiger partial charge in [-0.25, -0.2) is 0 Å². The first-order chi connectivity index (χ1) is 17.5. The van der Waals surface area contributed by atoms with Crippen molar-refractivity contribution in [3.8, 4) is 0 Å². The summed E-state index contributed by atoms with van der Waals surface area (Å²) in [6, 6.07) is 24.7. The van der Waals surface area contributed by atoms with E-state index < -0.39 is 6.17 Å². The number of para-hydroxylation sites is 2. The van der Waals surface area contributed by atoms with Gasteiger partial charge in [0.1, 0.15) is 0 Å². The van der Waals surface area contributed by atoms with E-state index in [4.69, 9.17) is 16.2 Å². The fourth-order valence-electron chi connectivity index (χ4n) is 3.86. The van der Waals surface area contributed by atoms with E-state index in [1.807, 2.05) is 72.8 Å². The van der Waals surface area contributed by atoms with Gasteiger partial charge < -0.3 is 32.2 Å². The van der Waals surface area contributed by atoms with Gasteiger partial charge in [0, 0.05) is 31.3 Å². The van der Waals surface area contributed by atoms with Gasteiger partial charge in [-0.2, -0.15) is 0 Å². The molecule has 3 aromatic carbocycles. The highest BCUT2D eigenvalue weighted by molar-refractivity contribution is 6.19. The van der Waals surface area contributed by atoms with Gasteiger partial charge in [0.2, 0.25) is 0 Å². The Morgan fingerprint density at radius 1 is 0.972 bits per heavy atom. The van der Waals surface area contributed by atoms with Crippen LogP contribution >= 0.6 is 0 Å². The zero-order chi connectivity index (χ0) is 25.9. The fourth-order valence-corrected chi connectivity index (χ4v) is 3.86. The van der Waals surface area contributed by atoms with Crippen LogP contribution in [0.4, 0.5) is 11.4 Å². The number of benzodiazepines with no additional fused rings is 1. The van der Waals surface area contributed by atoms with Crippen LogP contribution in [0, 0.1) is 0 Å². The number of ether oxygens (including phenoxy) is 1. The normalized spacial score (nSPS) is 16.5. The maximum absolute atomic E-state index is 11.8. The van der Waals surface area contributed by atoms with E-state index in [1.165, 1.54) is 7.05 Å². The molecular formula is C27H34N6O3. The fraction of sp³-hybridized carbons (Fsp3) is 0.222. The number of fused-ring (bicyclic) bond motifs is 1. The van der Waals surface area contributed by atoms with Crippen LogP contribution in [0.25, 0.3) is 0 Å². The second-order valence-corrected chi connectivity index (χ2v) is 7.80. The molecule has 190 valence electrons. The van der Waals surface area contributed by atoms with Crippen LogP contribution in [0.5, 0.6) is 0 Å². The lowest BCUT2D eigenvalue weighted by molar-refractivity contribution is -0.117. The van der Waals surface area contributed by atoms with Crippen molar-refractivity contribution >= 4 is 28.9 Å². The van der Waals surface area contributed by atoms with Crippen LogP contribution in [0.2, 0.25) is 0 Å². The number of benzene rings is 3. The first-order valence-corrected chi connectivity index (χ1v) is 11.6. The minimum atomic E-state index is -0.886. The maximum atomic E-state index is 11.8. The summed E-state index contributed by atoms with van der Waals surface area (Å²) in [6.07, 6.45) is -0.886. The number of nitrogens with one attached hydrogen (secondary N) is 1. The van der Waals surface area contributed by atoms with Crippen LogP contribution in [0.3, 0.4) is 0 Å². The highest BCUT2D eigenvalue weighted by Crippen LogP contribution is 2.23. The number of nitrogens with zero attached hydrogens (tertiary/aromatic N) is 2. The lowest BCUT2D eigenvalue weighted by Gasteiger charge is -2.29. The molecule has 9 nitrogen and oxygen atoms in total. The predicted octanol–water partition coefficient (Wildman–Crippen LogP) is 2.20. The molecule has 0 bridgehead atoms. The highest BCUT2D eigenvalue weighted by atomic mass is 16.5. The topological polar surface area (TPSA) is 149 Å². The van der Waals surface area contributed by atoms with Crippen LogP contribution < -0.4 is 27.4 Å². The van der Waals surface area contributed by atoms with Crippen molar-refractivity contribution in [2.45, 2.75) is 6.17 Å². The van der Waals surface area contributed by atoms with Crippen molar-refractivity contribution in [2.75, 3.05) is 43.6 Å². The standard InChI is InChI=1S/C15H13N3O.C11H14N2O2.CH5N.H2/c16-14-15(19)17-12-9-5-4-8-11(12)13(18-14)10-6-2-1-3-7-10;12-11(14)9-3-1-2-4-10(9)13-5-7-15-8-6-13;1-2;/h1-9,14H,16H2,(H,17,19);1-4H,5-8H2,(H2,12,14);2H2,1H3;1H/t14-;;;/m1.../s1. The molecule has 1 fully saturated rings. The Kier molecular flexibility index (Phi) is 9.70. The molecule has 0 aliphatic carbocycles. The predicted molar refractivity (Wildman–Crippen MR) is 145 cm³/mol. The summed E-state index contributed by atoms with van der Waals surface area (Å²) in [5.41, 5.74) is 20.4. The summed E-state index contributed by atoms with van der Waals surface area (Å²) in [5.74, 6) is -0.671. The number of amides is 2. The van der Waals surface area contributed by atoms with Crippen molar-refractivity contribution in [1.29, 1.82) is 0 Å². The molecule has 1 atom stereocenters. The average molecular weight is 491 g/mol. The van der Waals surface area contributed by atoms with Crippen LogP contribution in [0.1, 0.15) is 22.9 Å². The Labute approximate surface area is 212 Å². The first kappa shape index (κ1) is 26.6. The minimum absolute atomic E-state index is 0. The van der Waals surface area contributed by atoms with Crippen molar-refractivity contribution in [1.82, 2.24) is 0 Å². The number of carbonyl (C=O) groups excluding carboxylic acids is 2. The SMILES string of the molecule is CN.NC(=O)c1ccccc1N1CCOCC1.N[C@@H]1N=C(c2ccccc2)c2ccccc2NC1=O.[HH]. The van der Waals surface area contributed by atoms with Crippen molar-refractivity contribution in [2.24, 2.45) is 22.2 Å². The third-order valence-corrected chi connectivity index (χ3v) is 5.55. The highest BCUT2D eigenvalue weighted by Gasteiger charge is 2.22. The van der Waals surface area contributed by atoms with Crippen molar-refractivity contribution in [3.05, 3.63) is 95.6 Å². The largest absolute Gasteiger partial charge is 0.378 e. The smallest absolute Gasteiger partial charge is 0.263 e. The van der Waals surface area contributed by atoms with E-state index in [2.05, 4.69) is 20.9 Å². The Balaban J connectivity index is 0.000000244. The van der Waals surface area contributed by atoms with Gasteiger partial charge in [-0.15, -0.1) is 0 Å². The lowest BCUT2D eigenvalue weighted by Crippen LogP contribution is -2.37. The number of rotatable bonds is 3. The summed E-state index contributed by atoms with van der Waals surface area (Å²) >= 11 is 0. The zero-order valence-electron chi connectivity index (χ0n) is 20.3. The van der Waals surface area contributed by atoms with E-state index in [0.29, 0.717) is 18.8 Å². The molecule has 1 saturated heterocycles. The average Bonchev–Trinajstić information content (AvgIpc) is 3.07. The summed E-state index contributed by atoms with van der Waals surface area (Å²) < 4.78 is 5.26. The molecule has 2 heterocycles. The van der Waals surface area contributed by atoms with Gasteiger partial charge in [0.15, 0.2) is 6.17 Å². The number of morpholine rings is 1. The molecule has 9 heteroatoms. The molecule has 0 radical (unpaired) electrons. The van der Waals surface area contributed by atoms with Gasteiger partial charge in [0.05, 0.1) is 30.2 Å².